The van der Waals surface area contributed by atoms with Gasteiger partial charge in [0, 0.05) is 72.3 Å². The van der Waals surface area contributed by atoms with E-state index in [1.165, 1.54) is 89.0 Å². The van der Waals surface area contributed by atoms with Gasteiger partial charge in [-0.15, -0.1) is 0 Å². The number of fused-ring (bicyclic) bond motifs is 14. The van der Waals surface area contributed by atoms with Crippen molar-refractivity contribution in [2.45, 2.75) is 77.0 Å². The second kappa shape index (κ2) is 19.1. The smallest absolute Gasteiger partial charge is 0.322 e. The summed E-state index contributed by atoms with van der Waals surface area (Å²) in [5.74, 6) is -2.52. The molecule has 4 aliphatic rings. The average molecular weight is 1200 g/mol. The molecule has 0 heterocycles. The number of hydrogen-bond donors (Lipinski definition) is 3. The van der Waals surface area contributed by atoms with Crippen LogP contribution in [0, 0.1) is 0 Å². The molecule has 446 valence electrons. The van der Waals surface area contributed by atoms with Gasteiger partial charge in [-0.3, -0.25) is 14.4 Å². The van der Waals surface area contributed by atoms with Crippen LogP contribution >= 0.6 is 0 Å². The van der Waals surface area contributed by atoms with Gasteiger partial charge in [0.05, 0.1) is 0 Å². The summed E-state index contributed by atoms with van der Waals surface area (Å²) >= 11 is 0. The zero-order valence-corrected chi connectivity index (χ0v) is 52.6. The van der Waals surface area contributed by atoms with E-state index >= 15 is 0 Å². The van der Waals surface area contributed by atoms with E-state index in [0.29, 0.717) is 10.8 Å². The Morgan fingerprint density at radius 2 is 0.674 bits per heavy atom. The standard InChI is InChI=1S/C84H66N4O4/c1-81(2)67-21-13-9-17-53(67)57-29-25-47(41-71(57)81)87(48-26-30-58-54-18-10-14-22-68(54)82(3,4)72(58)42-48)51-37-46-38-52(40-66-62-34-36-64(80(92)86-45-75(89)90)78-63(79(85)91)35-33-61(77(62)78)65(39-51)76(46)66)88(49-27-31-59-55-19-11-15-23-69(55)83(5,6)73(59)43-49)50-28-32-60-56-20-12-16-24-70(56)84(7,8)74(60)44-50/h9-44H,45H2,1-8H3,(H2,85,91)(H,86,92)(H,89,90). The van der Waals surface area contributed by atoms with Crippen LogP contribution in [-0.2, 0) is 26.5 Å². The van der Waals surface area contributed by atoms with Crippen molar-refractivity contribution in [3.63, 3.8) is 0 Å². The Morgan fingerprint density at radius 1 is 0.348 bits per heavy atom. The number of aliphatic carboxylic acids is 1. The second-order valence-corrected chi connectivity index (χ2v) is 27.9. The van der Waals surface area contributed by atoms with Crippen molar-refractivity contribution < 1.29 is 19.5 Å². The molecular weight excluding hydrogens is 1130 g/mol. The lowest BCUT2D eigenvalue weighted by molar-refractivity contribution is -0.135. The van der Waals surface area contributed by atoms with Crippen LogP contribution in [0.3, 0.4) is 0 Å². The summed E-state index contributed by atoms with van der Waals surface area (Å²) in [5, 5.41) is 18.9. The largest absolute Gasteiger partial charge is 0.480 e. The highest BCUT2D eigenvalue weighted by atomic mass is 16.4. The van der Waals surface area contributed by atoms with Gasteiger partial charge >= 0.3 is 5.97 Å². The topological polar surface area (TPSA) is 116 Å². The molecule has 8 nitrogen and oxygen atoms in total. The third-order valence-corrected chi connectivity index (χ3v) is 21.5. The Hall–Kier alpha value is -10.8. The first kappa shape index (κ1) is 55.3. The van der Waals surface area contributed by atoms with E-state index in [0.717, 1.165) is 66.4 Å². The van der Waals surface area contributed by atoms with Crippen LogP contribution in [0.2, 0.25) is 0 Å². The van der Waals surface area contributed by atoms with Gasteiger partial charge in [-0.2, -0.15) is 0 Å². The van der Waals surface area contributed by atoms with Gasteiger partial charge in [-0.25, -0.2) is 0 Å². The van der Waals surface area contributed by atoms with Crippen LogP contribution in [0.5, 0.6) is 0 Å². The van der Waals surface area contributed by atoms with Crippen LogP contribution in [0.4, 0.5) is 34.1 Å². The van der Waals surface area contributed by atoms with Gasteiger partial charge in [-0.05, 0) is 212 Å². The molecule has 0 radical (unpaired) electrons. The summed E-state index contributed by atoms with van der Waals surface area (Å²) < 4.78 is 0. The number of carboxylic acid groups (broad SMARTS) is 1. The van der Waals surface area contributed by atoms with E-state index < -0.39 is 24.3 Å². The quantitative estimate of drug-likeness (QED) is 0.0928. The number of anilines is 6. The first-order valence-electron chi connectivity index (χ1n) is 31.8. The summed E-state index contributed by atoms with van der Waals surface area (Å²) in [6.07, 6.45) is 0. The molecule has 0 saturated heterocycles. The molecular formula is C84H66N4O4. The van der Waals surface area contributed by atoms with Crippen molar-refractivity contribution in [1.82, 2.24) is 5.32 Å². The Bertz CT molecular complexity index is 4990. The summed E-state index contributed by atoms with van der Waals surface area (Å²) in [6.45, 7) is 18.0. The lowest BCUT2D eigenvalue weighted by Crippen LogP contribution is -2.29. The number of rotatable bonds is 10. The fourth-order valence-corrected chi connectivity index (χ4v) is 17.0. The maximum Gasteiger partial charge on any atom is 0.322 e. The van der Waals surface area contributed by atoms with Gasteiger partial charge < -0.3 is 26.0 Å². The molecule has 4 N–H and O–H groups in total. The number of amides is 2. The van der Waals surface area contributed by atoms with Crippen molar-refractivity contribution in [2.75, 3.05) is 16.3 Å². The summed E-state index contributed by atoms with van der Waals surface area (Å²) in [5.41, 5.74) is 31.3. The molecule has 4 aliphatic carbocycles. The van der Waals surface area contributed by atoms with Crippen molar-refractivity contribution in [3.8, 4) is 44.5 Å². The van der Waals surface area contributed by atoms with Crippen LogP contribution in [-0.4, -0.2) is 29.4 Å². The van der Waals surface area contributed by atoms with E-state index in [2.05, 4.69) is 265 Å². The first-order valence-corrected chi connectivity index (χ1v) is 31.8. The normalized spacial score (nSPS) is 15.1. The summed E-state index contributed by atoms with van der Waals surface area (Å²) in [4.78, 5) is 45.2. The second-order valence-electron chi connectivity index (χ2n) is 27.9. The van der Waals surface area contributed by atoms with Crippen molar-refractivity contribution in [3.05, 3.63) is 274 Å². The highest BCUT2D eigenvalue weighted by molar-refractivity contribution is 6.37. The molecule has 2 amide bonds. The summed E-state index contributed by atoms with van der Waals surface area (Å²) in [7, 11) is 0. The number of nitrogens with zero attached hydrogens (tertiary/aromatic N) is 2. The van der Waals surface area contributed by atoms with Crippen LogP contribution in [0.1, 0.15) is 121 Å². The Labute approximate surface area is 534 Å². The highest BCUT2D eigenvalue weighted by Gasteiger charge is 2.41. The van der Waals surface area contributed by atoms with Gasteiger partial charge in [0.15, 0.2) is 0 Å². The SMILES string of the molecule is CC1(C)c2ccccc2-c2ccc(N(c3ccc4c(c3)C(C)(C)c3ccccc3-4)c3cc4cc(N(c5ccc6c(c5)C(C)(C)c5ccccc5-6)c5ccc6c(c5)C(C)(C)c5ccccc5-6)cc5c6ccc(C(=O)NCC(=O)O)c7c(C(N)=O)ccc(c(c3)c45)c76)cc21. The molecule has 0 aromatic heterocycles. The average Bonchev–Trinajstić information content (AvgIpc) is 1.11. The van der Waals surface area contributed by atoms with Gasteiger partial charge in [-0.1, -0.05) is 189 Å². The molecule has 0 spiro atoms. The van der Waals surface area contributed by atoms with Gasteiger partial charge in [0.1, 0.15) is 6.54 Å². The minimum atomic E-state index is -1.19. The number of carbonyl (C=O) groups excluding carboxylic acids is 2. The van der Waals surface area contributed by atoms with E-state index in [1.807, 2.05) is 12.1 Å². The summed E-state index contributed by atoms with van der Waals surface area (Å²) in [6, 6.07) is 79.5. The predicted molar refractivity (Wildman–Crippen MR) is 376 cm³/mol. The molecule has 0 atom stereocenters. The third kappa shape index (κ3) is 7.61. The molecule has 13 aromatic rings. The Balaban J connectivity index is 0.983. The number of carbonyl (C=O) groups is 3. The molecule has 0 unspecified atom stereocenters. The molecule has 13 aromatic carbocycles. The monoisotopic (exact) mass is 1190 g/mol. The van der Waals surface area contributed by atoms with Crippen LogP contribution in [0.25, 0.3) is 87.6 Å². The fourth-order valence-electron chi connectivity index (χ4n) is 17.0. The Morgan fingerprint density at radius 3 is 1.01 bits per heavy atom. The van der Waals surface area contributed by atoms with Crippen molar-refractivity contribution in [1.29, 1.82) is 0 Å². The number of nitrogens with two attached hydrogens (primary N) is 1. The number of carboxylic acids is 1. The fraction of sp³-hybridized carbons (Fsp3) is 0.155. The molecule has 17 rings (SSSR count). The number of benzene rings is 13. The predicted octanol–water partition coefficient (Wildman–Crippen LogP) is 19.8. The maximum absolute atomic E-state index is 14.5. The van der Waals surface area contributed by atoms with E-state index in [4.69, 9.17) is 5.73 Å². The third-order valence-electron chi connectivity index (χ3n) is 21.5. The van der Waals surface area contributed by atoms with Crippen molar-refractivity contribution >= 4 is 95.0 Å². The van der Waals surface area contributed by atoms with Gasteiger partial charge in [0.2, 0.25) is 5.91 Å². The zero-order valence-electron chi connectivity index (χ0n) is 52.6. The molecule has 0 bridgehead atoms. The molecule has 0 aliphatic heterocycles. The number of primary amides is 1. The van der Waals surface area contributed by atoms with Crippen LogP contribution < -0.4 is 20.9 Å². The maximum atomic E-state index is 14.5. The van der Waals surface area contributed by atoms with Gasteiger partial charge in [0.25, 0.3) is 5.91 Å². The minimum Gasteiger partial charge on any atom is -0.480 e. The molecule has 8 heteroatoms. The first-order chi connectivity index (χ1) is 44.2. The molecule has 0 fully saturated rings. The Kier molecular flexibility index (Phi) is 11.5. The lowest BCUT2D eigenvalue weighted by Gasteiger charge is -2.31. The highest BCUT2D eigenvalue weighted by Crippen LogP contribution is 2.57. The zero-order chi connectivity index (χ0) is 63.2. The number of nitrogens with one attached hydrogen (secondary N) is 1. The lowest BCUT2D eigenvalue weighted by atomic mass is 9.82. The number of hydrogen-bond acceptors (Lipinski definition) is 5. The molecule has 92 heavy (non-hydrogen) atoms. The minimum absolute atomic E-state index is 0.155. The van der Waals surface area contributed by atoms with Crippen LogP contribution in [0.15, 0.2) is 218 Å². The molecule has 0 saturated carbocycles. The van der Waals surface area contributed by atoms with E-state index in [1.54, 1.807) is 12.1 Å². The van der Waals surface area contributed by atoms with E-state index in [9.17, 15) is 19.5 Å². The van der Waals surface area contributed by atoms with Crippen molar-refractivity contribution in [2.24, 2.45) is 5.73 Å². The van der Waals surface area contributed by atoms with E-state index in [-0.39, 0.29) is 32.8 Å².